The third kappa shape index (κ3) is 2.48. The number of rotatable bonds is 3. The van der Waals surface area contributed by atoms with E-state index in [9.17, 15) is 9.90 Å². The monoisotopic (exact) mass is 248 g/mol. The van der Waals surface area contributed by atoms with Crippen LogP contribution in [0.5, 0.6) is 5.75 Å². The maximum absolute atomic E-state index is 12.5. The first-order valence-electron chi connectivity index (χ1n) is 6.49. The van der Waals surface area contributed by atoms with E-state index in [-0.39, 0.29) is 23.6 Å². The SMILES string of the molecule is CCN(C(=O)C1CCCC1N)c1cccc(O)c1. The van der Waals surface area contributed by atoms with Crippen LogP contribution in [-0.2, 0) is 4.79 Å². The van der Waals surface area contributed by atoms with Crippen molar-refractivity contribution in [1.29, 1.82) is 0 Å². The summed E-state index contributed by atoms with van der Waals surface area (Å²) >= 11 is 0. The summed E-state index contributed by atoms with van der Waals surface area (Å²) in [5.74, 6) is 0.176. The van der Waals surface area contributed by atoms with E-state index in [1.807, 2.05) is 13.0 Å². The van der Waals surface area contributed by atoms with Gasteiger partial charge in [-0.3, -0.25) is 4.79 Å². The summed E-state index contributed by atoms with van der Waals surface area (Å²) in [4.78, 5) is 14.2. The molecule has 1 aromatic carbocycles. The molecule has 4 heteroatoms. The van der Waals surface area contributed by atoms with E-state index in [0.717, 1.165) is 24.9 Å². The molecule has 3 N–H and O–H groups in total. The molecule has 98 valence electrons. The van der Waals surface area contributed by atoms with Crippen LogP contribution in [0.3, 0.4) is 0 Å². The summed E-state index contributed by atoms with van der Waals surface area (Å²) < 4.78 is 0. The van der Waals surface area contributed by atoms with Gasteiger partial charge in [-0.15, -0.1) is 0 Å². The van der Waals surface area contributed by atoms with Crippen molar-refractivity contribution in [1.82, 2.24) is 0 Å². The number of phenolic OH excluding ortho intramolecular Hbond substituents is 1. The van der Waals surface area contributed by atoms with Crippen molar-refractivity contribution in [2.75, 3.05) is 11.4 Å². The minimum absolute atomic E-state index is 0.0242. The van der Waals surface area contributed by atoms with E-state index in [0.29, 0.717) is 6.54 Å². The molecule has 4 nitrogen and oxygen atoms in total. The molecule has 0 spiro atoms. The van der Waals surface area contributed by atoms with E-state index in [1.54, 1.807) is 23.1 Å². The summed E-state index contributed by atoms with van der Waals surface area (Å²) in [5.41, 5.74) is 6.72. The molecular formula is C14H20N2O2. The quantitative estimate of drug-likeness (QED) is 0.858. The Hall–Kier alpha value is -1.55. The van der Waals surface area contributed by atoms with Gasteiger partial charge in [0, 0.05) is 24.3 Å². The summed E-state index contributed by atoms with van der Waals surface area (Å²) in [6, 6.07) is 6.77. The molecule has 1 aliphatic carbocycles. The highest BCUT2D eigenvalue weighted by Crippen LogP contribution is 2.29. The first-order valence-corrected chi connectivity index (χ1v) is 6.49. The van der Waals surface area contributed by atoms with Crippen LogP contribution in [-0.4, -0.2) is 23.6 Å². The van der Waals surface area contributed by atoms with E-state index >= 15 is 0 Å². The first-order chi connectivity index (χ1) is 8.63. The highest BCUT2D eigenvalue weighted by atomic mass is 16.3. The number of nitrogens with zero attached hydrogens (tertiary/aromatic N) is 1. The molecule has 0 bridgehead atoms. The van der Waals surface area contributed by atoms with Gasteiger partial charge in [-0.05, 0) is 31.9 Å². The molecule has 1 fully saturated rings. The van der Waals surface area contributed by atoms with Crippen molar-refractivity contribution in [3.8, 4) is 5.75 Å². The fourth-order valence-corrected chi connectivity index (χ4v) is 2.62. The van der Waals surface area contributed by atoms with Crippen molar-refractivity contribution in [2.24, 2.45) is 11.7 Å². The maximum atomic E-state index is 12.5. The Morgan fingerprint density at radius 2 is 2.28 bits per heavy atom. The van der Waals surface area contributed by atoms with Gasteiger partial charge < -0.3 is 15.7 Å². The zero-order valence-corrected chi connectivity index (χ0v) is 10.7. The lowest BCUT2D eigenvalue weighted by Crippen LogP contribution is -2.41. The highest BCUT2D eigenvalue weighted by molar-refractivity contribution is 5.95. The Balaban J connectivity index is 2.20. The van der Waals surface area contributed by atoms with Crippen LogP contribution in [0.2, 0.25) is 0 Å². The van der Waals surface area contributed by atoms with Crippen LogP contribution in [0.4, 0.5) is 5.69 Å². The smallest absolute Gasteiger partial charge is 0.231 e. The third-order valence-electron chi connectivity index (χ3n) is 3.61. The molecule has 18 heavy (non-hydrogen) atoms. The zero-order chi connectivity index (χ0) is 13.1. The van der Waals surface area contributed by atoms with Crippen LogP contribution in [0.1, 0.15) is 26.2 Å². The third-order valence-corrected chi connectivity index (χ3v) is 3.61. The number of carbonyl (C=O) groups excluding carboxylic acids is 1. The van der Waals surface area contributed by atoms with Crippen LogP contribution in [0, 0.1) is 5.92 Å². The molecule has 0 radical (unpaired) electrons. The molecule has 1 aromatic rings. The molecule has 1 amide bonds. The van der Waals surface area contributed by atoms with E-state index in [1.165, 1.54) is 0 Å². The van der Waals surface area contributed by atoms with Crippen LogP contribution in [0.25, 0.3) is 0 Å². The number of amides is 1. The second-order valence-corrected chi connectivity index (χ2v) is 4.80. The van der Waals surface area contributed by atoms with E-state index in [4.69, 9.17) is 5.73 Å². The van der Waals surface area contributed by atoms with E-state index < -0.39 is 0 Å². The van der Waals surface area contributed by atoms with Gasteiger partial charge in [-0.2, -0.15) is 0 Å². The van der Waals surface area contributed by atoms with Gasteiger partial charge in [0.1, 0.15) is 5.75 Å². The van der Waals surface area contributed by atoms with Gasteiger partial charge in [0.25, 0.3) is 0 Å². The van der Waals surface area contributed by atoms with Crippen molar-refractivity contribution in [3.63, 3.8) is 0 Å². The molecule has 2 unspecified atom stereocenters. The average molecular weight is 248 g/mol. The Morgan fingerprint density at radius 3 is 2.83 bits per heavy atom. The predicted molar refractivity (Wildman–Crippen MR) is 71.5 cm³/mol. The van der Waals surface area contributed by atoms with Gasteiger partial charge >= 0.3 is 0 Å². The maximum Gasteiger partial charge on any atom is 0.231 e. The normalized spacial score (nSPS) is 23.0. The average Bonchev–Trinajstić information content (AvgIpc) is 2.76. The largest absolute Gasteiger partial charge is 0.508 e. The summed E-state index contributed by atoms with van der Waals surface area (Å²) in [6.45, 7) is 2.52. The number of benzene rings is 1. The Labute approximate surface area is 107 Å². The summed E-state index contributed by atoms with van der Waals surface area (Å²) in [6.07, 6.45) is 2.82. The van der Waals surface area contributed by atoms with Crippen molar-refractivity contribution < 1.29 is 9.90 Å². The topological polar surface area (TPSA) is 66.6 Å². The Kier molecular flexibility index (Phi) is 3.87. The number of carbonyl (C=O) groups is 1. The predicted octanol–water partition coefficient (Wildman–Crippen LogP) is 1.87. The lowest BCUT2D eigenvalue weighted by atomic mass is 10.0. The molecule has 0 heterocycles. The second kappa shape index (κ2) is 5.40. The van der Waals surface area contributed by atoms with Gasteiger partial charge in [-0.1, -0.05) is 12.5 Å². The molecule has 2 rings (SSSR count). The van der Waals surface area contributed by atoms with Gasteiger partial charge in [0.15, 0.2) is 0 Å². The lowest BCUT2D eigenvalue weighted by molar-refractivity contribution is -0.122. The molecule has 0 aromatic heterocycles. The first kappa shape index (κ1) is 12.9. The highest BCUT2D eigenvalue weighted by Gasteiger charge is 2.33. The van der Waals surface area contributed by atoms with Gasteiger partial charge in [-0.25, -0.2) is 0 Å². The van der Waals surface area contributed by atoms with Crippen LogP contribution < -0.4 is 10.6 Å². The molecule has 0 aliphatic heterocycles. The number of nitrogens with two attached hydrogens (primary N) is 1. The zero-order valence-electron chi connectivity index (χ0n) is 10.7. The number of phenols is 1. The number of aromatic hydroxyl groups is 1. The molecule has 2 atom stereocenters. The fraction of sp³-hybridized carbons (Fsp3) is 0.500. The van der Waals surface area contributed by atoms with Crippen molar-refractivity contribution in [2.45, 2.75) is 32.2 Å². The number of anilines is 1. The van der Waals surface area contributed by atoms with Crippen molar-refractivity contribution >= 4 is 11.6 Å². The minimum Gasteiger partial charge on any atom is -0.508 e. The van der Waals surface area contributed by atoms with Crippen molar-refractivity contribution in [3.05, 3.63) is 24.3 Å². The lowest BCUT2D eigenvalue weighted by Gasteiger charge is -2.26. The van der Waals surface area contributed by atoms with Crippen LogP contribution >= 0.6 is 0 Å². The Bertz CT molecular complexity index is 434. The number of hydrogen-bond donors (Lipinski definition) is 2. The summed E-state index contributed by atoms with van der Waals surface area (Å²) in [5, 5.41) is 9.49. The Morgan fingerprint density at radius 1 is 1.50 bits per heavy atom. The second-order valence-electron chi connectivity index (χ2n) is 4.80. The van der Waals surface area contributed by atoms with Gasteiger partial charge in [0.2, 0.25) is 5.91 Å². The molecular weight excluding hydrogens is 228 g/mol. The molecule has 1 aliphatic rings. The van der Waals surface area contributed by atoms with Gasteiger partial charge in [0.05, 0.1) is 5.92 Å². The molecule has 0 saturated heterocycles. The summed E-state index contributed by atoms with van der Waals surface area (Å²) in [7, 11) is 0. The number of hydrogen-bond acceptors (Lipinski definition) is 3. The standard InChI is InChI=1S/C14H20N2O2/c1-2-16(10-5-3-6-11(17)9-10)14(18)12-7-4-8-13(12)15/h3,5-6,9,12-13,17H,2,4,7-8,15H2,1H3. The minimum atomic E-state index is -0.0766. The van der Waals surface area contributed by atoms with Crippen LogP contribution in [0.15, 0.2) is 24.3 Å². The molecule has 1 saturated carbocycles. The van der Waals surface area contributed by atoms with E-state index in [2.05, 4.69) is 0 Å². The fourth-order valence-electron chi connectivity index (χ4n) is 2.62.